The highest BCUT2D eigenvalue weighted by Crippen LogP contribution is 2.27. The van der Waals surface area contributed by atoms with E-state index in [0.717, 1.165) is 31.5 Å². The van der Waals surface area contributed by atoms with Crippen molar-refractivity contribution in [3.63, 3.8) is 0 Å². The quantitative estimate of drug-likeness (QED) is 0.819. The van der Waals surface area contributed by atoms with Crippen LogP contribution in [-0.2, 0) is 0 Å². The minimum Gasteiger partial charge on any atom is -0.355 e. The highest BCUT2D eigenvalue weighted by Gasteiger charge is 2.19. The molecule has 0 spiro atoms. The van der Waals surface area contributed by atoms with E-state index in [1.807, 2.05) is 0 Å². The molecule has 1 aromatic carbocycles. The summed E-state index contributed by atoms with van der Waals surface area (Å²) in [4.78, 5) is 11.4. The molecule has 92 valence electrons. The Morgan fingerprint density at radius 2 is 2.12 bits per heavy atom. The maximum absolute atomic E-state index is 13.9. The van der Waals surface area contributed by atoms with E-state index >= 15 is 0 Å². The summed E-state index contributed by atoms with van der Waals surface area (Å²) in [5, 5.41) is 5.75. The zero-order valence-corrected chi connectivity index (χ0v) is 9.92. The first-order chi connectivity index (χ1) is 8.22. The lowest BCUT2D eigenvalue weighted by Crippen LogP contribution is -2.27. The predicted molar refractivity (Wildman–Crippen MR) is 64.6 cm³/mol. The van der Waals surface area contributed by atoms with Crippen molar-refractivity contribution in [3.8, 4) is 0 Å². The lowest BCUT2D eigenvalue weighted by atomic mass is 9.89. The number of benzene rings is 1. The smallest absolute Gasteiger partial charge is 0.251 e. The molecule has 0 unspecified atom stereocenters. The summed E-state index contributed by atoms with van der Waals surface area (Å²) in [5.41, 5.74) is 1.11. The summed E-state index contributed by atoms with van der Waals surface area (Å²) in [6.07, 6.45) is 1.91. The molecular weight excluding hydrogens is 219 g/mol. The van der Waals surface area contributed by atoms with Crippen LogP contribution in [0.4, 0.5) is 4.39 Å². The van der Waals surface area contributed by atoms with Gasteiger partial charge in [-0.25, -0.2) is 4.39 Å². The van der Waals surface area contributed by atoms with Crippen LogP contribution < -0.4 is 10.6 Å². The highest BCUT2D eigenvalue weighted by molar-refractivity contribution is 5.94. The van der Waals surface area contributed by atoms with Crippen LogP contribution in [0.1, 0.15) is 34.7 Å². The van der Waals surface area contributed by atoms with Crippen molar-refractivity contribution < 1.29 is 9.18 Å². The maximum atomic E-state index is 13.9. The Kier molecular flexibility index (Phi) is 3.74. The van der Waals surface area contributed by atoms with Gasteiger partial charge in [-0.2, -0.15) is 0 Å². The number of hydrogen-bond donors (Lipinski definition) is 2. The van der Waals surface area contributed by atoms with Crippen LogP contribution in [-0.4, -0.2) is 26.0 Å². The first-order valence-electron chi connectivity index (χ1n) is 5.94. The van der Waals surface area contributed by atoms with Crippen molar-refractivity contribution >= 4 is 5.91 Å². The third-order valence-electron chi connectivity index (χ3n) is 3.27. The molecule has 2 rings (SSSR count). The van der Waals surface area contributed by atoms with Crippen LogP contribution in [0.3, 0.4) is 0 Å². The lowest BCUT2D eigenvalue weighted by molar-refractivity contribution is 0.0962. The zero-order chi connectivity index (χ0) is 12.3. The molecule has 1 aromatic rings. The van der Waals surface area contributed by atoms with Crippen molar-refractivity contribution in [1.29, 1.82) is 0 Å². The zero-order valence-electron chi connectivity index (χ0n) is 9.92. The van der Waals surface area contributed by atoms with E-state index < -0.39 is 0 Å². The summed E-state index contributed by atoms with van der Waals surface area (Å²) in [5.74, 6) is -0.242. The van der Waals surface area contributed by atoms with Gasteiger partial charge in [0.1, 0.15) is 5.82 Å². The van der Waals surface area contributed by atoms with Crippen molar-refractivity contribution in [2.24, 2.45) is 0 Å². The molecule has 0 saturated carbocycles. The monoisotopic (exact) mass is 236 g/mol. The van der Waals surface area contributed by atoms with E-state index in [1.54, 1.807) is 19.2 Å². The molecule has 17 heavy (non-hydrogen) atoms. The molecule has 1 heterocycles. The molecule has 1 aliphatic heterocycles. The summed E-state index contributed by atoms with van der Waals surface area (Å²) in [6.45, 7) is 1.86. The van der Waals surface area contributed by atoms with Crippen LogP contribution in [0.15, 0.2) is 18.2 Å². The molecule has 1 amide bonds. The van der Waals surface area contributed by atoms with Crippen LogP contribution in [0.2, 0.25) is 0 Å². The minimum absolute atomic E-state index is 0.249. The fourth-order valence-electron chi connectivity index (χ4n) is 2.28. The molecule has 4 heteroatoms. The summed E-state index contributed by atoms with van der Waals surface area (Å²) < 4.78 is 13.9. The van der Waals surface area contributed by atoms with E-state index in [1.165, 1.54) is 6.07 Å². The number of carbonyl (C=O) groups excluding carboxylic acids is 1. The average molecular weight is 236 g/mol. The topological polar surface area (TPSA) is 41.1 Å². The van der Waals surface area contributed by atoms with Gasteiger partial charge in [0, 0.05) is 12.6 Å². The van der Waals surface area contributed by atoms with Crippen LogP contribution in [0.25, 0.3) is 0 Å². The number of piperidine rings is 1. The number of nitrogens with one attached hydrogen (secondary N) is 2. The van der Waals surface area contributed by atoms with Gasteiger partial charge in [0.15, 0.2) is 0 Å². The molecular formula is C13H17FN2O. The first kappa shape index (κ1) is 12.0. The Labute approximate surface area is 100 Å². The van der Waals surface area contributed by atoms with Gasteiger partial charge in [0.25, 0.3) is 5.91 Å². The largest absolute Gasteiger partial charge is 0.355 e. The summed E-state index contributed by atoms with van der Waals surface area (Å²) in [7, 11) is 1.54. The molecule has 0 aliphatic carbocycles. The highest BCUT2D eigenvalue weighted by atomic mass is 19.1. The van der Waals surface area contributed by atoms with Crippen LogP contribution in [0, 0.1) is 5.82 Å². The summed E-state index contributed by atoms with van der Waals surface area (Å²) in [6, 6.07) is 4.77. The van der Waals surface area contributed by atoms with Gasteiger partial charge in [-0.3, -0.25) is 4.79 Å². The number of hydrogen-bond acceptors (Lipinski definition) is 2. The molecule has 2 N–H and O–H groups in total. The Morgan fingerprint density at radius 1 is 1.41 bits per heavy atom. The van der Waals surface area contributed by atoms with E-state index in [4.69, 9.17) is 0 Å². The SMILES string of the molecule is CNC(=O)c1ccc(C2CCNCC2)c(F)c1. The van der Waals surface area contributed by atoms with Crippen molar-refractivity contribution in [1.82, 2.24) is 10.6 Å². The van der Waals surface area contributed by atoms with Gasteiger partial charge in [-0.05, 0) is 49.5 Å². The standard InChI is InChI=1S/C13H17FN2O/c1-15-13(17)10-2-3-11(12(14)8-10)9-4-6-16-7-5-9/h2-3,8-9,16H,4-7H2,1H3,(H,15,17). The molecule has 0 bridgehead atoms. The third kappa shape index (κ3) is 2.64. The second kappa shape index (κ2) is 5.27. The average Bonchev–Trinajstić information content (AvgIpc) is 2.38. The molecule has 0 atom stereocenters. The number of carbonyl (C=O) groups is 1. The van der Waals surface area contributed by atoms with Crippen molar-refractivity contribution in [2.75, 3.05) is 20.1 Å². The number of halogens is 1. The van der Waals surface area contributed by atoms with Gasteiger partial charge in [-0.1, -0.05) is 6.07 Å². The Bertz CT molecular complexity index is 414. The first-order valence-corrected chi connectivity index (χ1v) is 5.94. The second-order valence-corrected chi connectivity index (χ2v) is 4.34. The van der Waals surface area contributed by atoms with Gasteiger partial charge in [-0.15, -0.1) is 0 Å². The van der Waals surface area contributed by atoms with Crippen LogP contribution >= 0.6 is 0 Å². The fourth-order valence-corrected chi connectivity index (χ4v) is 2.28. The molecule has 1 fully saturated rings. The van der Waals surface area contributed by atoms with E-state index in [-0.39, 0.29) is 17.6 Å². The molecule has 0 aromatic heterocycles. The van der Waals surface area contributed by atoms with Gasteiger partial charge < -0.3 is 10.6 Å². The van der Waals surface area contributed by atoms with Gasteiger partial charge >= 0.3 is 0 Å². The lowest BCUT2D eigenvalue weighted by Gasteiger charge is -2.23. The normalized spacial score (nSPS) is 16.8. The molecule has 3 nitrogen and oxygen atoms in total. The van der Waals surface area contributed by atoms with Crippen molar-refractivity contribution in [3.05, 3.63) is 35.1 Å². The Hall–Kier alpha value is -1.42. The van der Waals surface area contributed by atoms with Gasteiger partial charge in [0.05, 0.1) is 0 Å². The van der Waals surface area contributed by atoms with E-state index in [0.29, 0.717) is 5.56 Å². The molecule has 1 aliphatic rings. The Balaban J connectivity index is 2.21. The maximum Gasteiger partial charge on any atom is 0.251 e. The van der Waals surface area contributed by atoms with E-state index in [2.05, 4.69) is 10.6 Å². The third-order valence-corrected chi connectivity index (χ3v) is 3.27. The summed E-state index contributed by atoms with van der Waals surface area (Å²) >= 11 is 0. The van der Waals surface area contributed by atoms with Gasteiger partial charge in [0.2, 0.25) is 0 Å². The second-order valence-electron chi connectivity index (χ2n) is 4.34. The molecule has 1 saturated heterocycles. The van der Waals surface area contributed by atoms with Crippen LogP contribution in [0.5, 0.6) is 0 Å². The predicted octanol–water partition coefficient (Wildman–Crippen LogP) is 1.65. The molecule has 0 radical (unpaired) electrons. The fraction of sp³-hybridized carbons (Fsp3) is 0.462. The Morgan fingerprint density at radius 3 is 2.71 bits per heavy atom. The minimum atomic E-state index is -0.266. The number of rotatable bonds is 2. The van der Waals surface area contributed by atoms with Crippen molar-refractivity contribution in [2.45, 2.75) is 18.8 Å². The van der Waals surface area contributed by atoms with E-state index in [9.17, 15) is 9.18 Å². The number of amides is 1.